The van der Waals surface area contributed by atoms with Crippen molar-refractivity contribution in [3.8, 4) is 11.6 Å². The fourth-order valence-electron chi connectivity index (χ4n) is 3.10. The Bertz CT molecular complexity index is 1310. The van der Waals surface area contributed by atoms with Crippen LogP contribution in [-0.2, 0) is 0 Å². The number of aliphatic imine (C=N–C) groups is 1. The first kappa shape index (κ1) is 19.5. The van der Waals surface area contributed by atoms with Crippen LogP contribution in [0, 0.1) is 0 Å². The van der Waals surface area contributed by atoms with Gasteiger partial charge < -0.3 is 5.11 Å². The third-order valence-corrected chi connectivity index (χ3v) is 5.03. The maximum Gasteiger partial charge on any atom is 0.265 e. The molecular weight excluding hydrogens is 431 g/mol. The SMILES string of the molecule is O=c1c2ccccc2c(C=Nc2cc(Cl)cc(Cl)c2)c(O)n1-c1cccc(Cl)c1. The van der Waals surface area contributed by atoms with Crippen molar-refractivity contribution in [3.05, 3.63) is 97.7 Å². The highest BCUT2D eigenvalue weighted by atomic mass is 35.5. The molecule has 7 heteroatoms. The number of aromatic hydroxyl groups is 1. The Hall–Kier alpha value is -2.79. The van der Waals surface area contributed by atoms with Gasteiger partial charge in [0.25, 0.3) is 5.56 Å². The number of aromatic nitrogens is 1. The number of nitrogens with zero attached hydrogens (tertiary/aromatic N) is 2. The van der Waals surface area contributed by atoms with E-state index in [2.05, 4.69) is 4.99 Å². The summed E-state index contributed by atoms with van der Waals surface area (Å²) in [6, 6.07) is 18.6. The Kier molecular flexibility index (Phi) is 5.33. The van der Waals surface area contributed by atoms with E-state index in [1.807, 2.05) is 0 Å². The first-order chi connectivity index (χ1) is 13.9. The molecule has 4 nitrogen and oxygen atoms in total. The van der Waals surface area contributed by atoms with E-state index < -0.39 is 0 Å². The second-order valence-electron chi connectivity index (χ2n) is 6.29. The van der Waals surface area contributed by atoms with Gasteiger partial charge in [-0.25, -0.2) is 4.57 Å². The summed E-state index contributed by atoms with van der Waals surface area (Å²) in [4.78, 5) is 17.5. The molecule has 0 unspecified atom stereocenters. The zero-order valence-electron chi connectivity index (χ0n) is 14.8. The summed E-state index contributed by atoms with van der Waals surface area (Å²) >= 11 is 18.1. The quantitative estimate of drug-likeness (QED) is 0.372. The van der Waals surface area contributed by atoms with Gasteiger partial charge in [0.2, 0.25) is 5.88 Å². The lowest BCUT2D eigenvalue weighted by Gasteiger charge is -2.14. The summed E-state index contributed by atoms with van der Waals surface area (Å²) < 4.78 is 1.21. The monoisotopic (exact) mass is 442 g/mol. The highest BCUT2D eigenvalue weighted by molar-refractivity contribution is 6.35. The van der Waals surface area contributed by atoms with E-state index in [0.29, 0.717) is 42.8 Å². The number of pyridine rings is 1. The molecule has 0 spiro atoms. The molecule has 144 valence electrons. The minimum atomic E-state index is -0.358. The molecule has 29 heavy (non-hydrogen) atoms. The summed E-state index contributed by atoms with van der Waals surface area (Å²) in [6.45, 7) is 0. The first-order valence-electron chi connectivity index (χ1n) is 8.57. The van der Waals surface area contributed by atoms with Crippen LogP contribution in [0.2, 0.25) is 15.1 Å². The van der Waals surface area contributed by atoms with Crippen molar-refractivity contribution in [3.63, 3.8) is 0 Å². The number of hydrogen-bond acceptors (Lipinski definition) is 3. The van der Waals surface area contributed by atoms with Crippen LogP contribution in [0.4, 0.5) is 5.69 Å². The molecule has 0 saturated heterocycles. The maximum atomic E-state index is 13.1. The molecule has 0 bridgehead atoms. The Balaban J connectivity index is 1.98. The van der Waals surface area contributed by atoms with Crippen LogP contribution in [0.15, 0.2) is 76.5 Å². The van der Waals surface area contributed by atoms with Gasteiger partial charge in [0.05, 0.1) is 16.9 Å². The molecule has 0 atom stereocenters. The van der Waals surface area contributed by atoms with Gasteiger partial charge in [-0.15, -0.1) is 0 Å². The van der Waals surface area contributed by atoms with Gasteiger partial charge in [0.1, 0.15) is 0 Å². The molecule has 0 saturated carbocycles. The Morgan fingerprint density at radius 3 is 2.21 bits per heavy atom. The normalized spacial score (nSPS) is 11.4. The van der Waals surface area contributed by atoms with Gasteiger partial charge in [-0.3, -0.25) is 9.79 Å². The number of halogens is 3. The van der Waals surface area contributed by atoms with Crippen molar-refractivity contribution in [2.75, 3.05) is 0 Å². The lowest BCUT2D eigenvalue weighted by Crippen LogP contribution is -2.20. The van der Waals surface area contributed by atoms with E-state index >= 15 is 0 Å². The Morgan fingerprint density at radius 1 is 0.828 bits per heavy atom. The predicted octanol–water partition coefficient (Wildman–Crippen LogP) is 6.41. The van der Waals surface area contributed by atoms with Crippen molar-refractivity contribution in [2.45, 2.75) is 0 Å². The van der Waals surface area contributed by atoms with Crippen LogP contribution < -0.4 is 5.56 Å². The van der Waals surface area contributed by atoms with Gasteiger partial charge in [-0.05, 0) is 42.5 Å². The average molecular weight is 444 g/mol. The molecule has 4 rings (SSSR count). The summed E-state index contributed by atoms with van der Waals surface area (Å²) in [6.07, 6.45) is 1.49. The molecule has 0 fully saturated rings. The van der Waals surface area contributed by atoms with Crippen molar-refractivity contribution in [1.82, 2.24) is 4.57 Å². The fourth-order valence-corrected chi connectivity index (χ4v) is 3.80. The van der Waals surface area contributed by atoms with Crippen LogP contribution >= 0.6 is 34.8 Å². The number of fused-ring (bicyclic) bond motifs is 1. The molecule has 1 heterocycles. The molecule has 0 aliphatic rings. The molecule has 0 aliphatic heterocycles. The van der Waals surface area contributed by atoms with Crippen LogP contribution in [0.1, 0.15) is 5.56 Å². The molecule has 3 aromatic carbocycles. The molecule has 1 aromatic heterocycles. The Labute approximate surface area is 181 Å². The third kappa shape index (κ3) is 3.87. The second-order valence-corrected chi connectivity index (χ2v) is 7.60. The number of hydrogen-bond donors (Lipinski definition) is 1. The van der Waals surface area contributed by atoms with Crippen LogP contribution in [0.3, 0.4) is 0 Å². The van der Waals surface area contributed by atoms with Gasteiger partial charge in [0.15, 0.2) is 0 Å². The summed E-state index contributed by atoms with van der Waals surface area (Å²) in [5.41, 5.74) is 0.997. The van der Waals surface area contributed by atoms with Crippen molar-refractivity contribution < 1.29 is 5.11 Å². The molecule has 0 radical (unpaired) electrons. The smallest absolute Gasteiger partial charge is 0.265 e. The standard InChI is InChI=1S/C22H13Cl3N2O2/c23-13-4-3-5-17(11-13)27-21(28)19-7-2-1-6-18(19)20(22(27)29)12-26-16-9-14(24)8-15(25)10-16/h1-12,29H. The fraction of sp³-hybridized carbons (Fsp3) is 0. The van der Waals surface area contributed by atoms with E-state index in [-0.39, 0.29) is 11.4 Å². The molecule has 1 N–H and O–H groups in total. The van der Waals surface area contributed by atoms with Crippen LogP contribution in [0.25, 0.3) is 16.5 Å². The van der Waals surface area contributed by atoms with Crippen LogP contribution in [-0.4, -0.2) is 15.9 Å². The van der Waals surface area contributed by atoms with Gasteiger partial charge >= 0.3 is 0 Å². The van der Waals surface area contributed by atoms with E-state index in [9.17, 15) is 9.90 Å². The number of benzene rings is 3. The van der Waals surface area contributed by atoms with E-state index in [0.717, 1.165) is 0 Å². The molecule has 0 amide bonds. The first-order valence-corrected chi connectivity index (χ1v) is 9.70. The molecule has 0 aliphatic carbocycles. The zero-order chi connectivity index (χ0) is 20.5. The lowest BCUT2D eigenvalue weighted by atomic mass is 10.1. The third-order valence-electron chi connectivity index (χ3n) is 4.36. The highest BCUT2D eigenvalue weighted by Crippen LogP contribution is 2.29. The minimum absolute atomic E-state index is 0.243. The van der Waals surface area contributed by atoms with Crippen molar-refractivity contribution in [2.24, 2.45) is 4.99 Å². The maximum absolute atomic E-state index is 13.1. The molecular formula is C22H13Cl3N2O2. The number of rotatable bonds is 3. The van der Waals surface area contributed by atoms with E-state index in [4.69, 9.17) is 34.8 Å². The predicted molar refractivity (Wildman–Crippen MR) is 120 cm³/mol. The molecule has 4 aromatic rings. The summed E-state index contributed by atoms with van der Waals surface area (Å²) in [5, 5.41) is 13.3. The Morgan fingerprint density at radius 2 is 1.52 bits per heavy atom. The van der Waals surface area contributed by atoms with Crippen molar-refractivity contribution >= 4 is 57.5 Å². The van der Waals surface area contributed by atoms with E-state index in [1.165, 1.54) is 10.8 Å². The van der Waals surface area contributed by atoms with Gasteiger partial charge in [-0.2, -0.15) is 0 Å². The average Bonchev–Trinajstić information content (AvgIpc) is 2.67. The second kappa shape index (κ2) is 7.91. The largest absolute Gasteiger partial charge is 0.494 e. The highest BCUT2D eigenvalue weighted by Gasteiger charge is 2.16. The zero-order valence-corrected chi connectivity index (χ0v) is 17.1. The van der Waals surface area contributed by atoms with Gasteiger partial charge in [0, 0.05) is 32.1 Å². The minimum Gasteiger partial charge on any atom is -0.494 e. The topological polar surface area (TPSA) is 54.6 Å². The van der Waals surface area contributed by atoms with Crippen molar-refractivity contribution in [1.29, 1.82) is 0 Å². The van der Waals surface area contributed by atoms with Crippen LogP contribution in [0.5, 0.6) is 5.88 Å². The van der Waals surface area contributed by atoms with E-state index in [1.54, 1.807) is 66.7 Å². The lowest BCUT2D eigenvalue weighted by molar-refractivity contribution is 0.436. The summed E-state index contributed by atoms with van der Waals surface area (Å²) in [5.74, 6) is -0.243. The summed E-state index contributed by atoms with van der Waals surface area (Å²) in [7, 11) is 0. The van der Waals surface area contributed by atoms with Gasteiger partial charge in [-0.1, -0.05) is 59.1 Å².